The Morgan fingerprint density at radius 3 is 2.21 bits per heavy atom. The van der Waals surface area contributed by atoms with Crippen LogP contribution < -0.4 is 32.0 Å². The van der Waals surface area contributed by atoms with Crippen molar-refractivity contribution in [1.82, 2.24) is 36.6 Å². The molecule has 0 aromatic heterocycles. The van der Waals surface area contributed by atoms with E-state index in [1.54, 1.807) is 18.2 Å². The number of hydrogen-bond donors (Lipinski definition) is 6. The summed E-state index contributed by atoms with van der Waals surface area (Å²) in [6, 6.07) is 5.41. The Kier molecular flexibility index (Phi) is 16.3. The second-order valence-electron chi connectivity index (χ2n) is 15.2. The van der Waals surface area contributed by atoms with Crippen LogP contribution in [-0.2, 0) is 28.5 Å². The SMILES string of the molecule is CCC(CC)C1CC(N[C@H]2CC[C@H](NCCOCCOCCOCCOCCNc3cccc4c3C(=O)N(C3CCC(=O)NC3=O)C4=O)C2)N2NCC(Cl)C2N1. The van der Waals surface area contributed by atoms with Crippen molar-refractivity contribution in [2.45, 2.75) is 107 Å². The van der Waals surface area contributed by atoms with Gasteiger partial charge in [-0.25, -0.2) is 5.01 Å². The predicted molar refractivity (Wildman–Crippen MR) is 210 cm³/mol. The van der Waals surface area contributed by atoms with E-state index in [1.165, 1.54) is 19.3 Å². The zero-order valence-corrected chi connectivity index (χ0v) is 33.6. The normalized spacial score (nSPS) is 28.0. The van der Waals surface area contributed by atoms with Crippen LogP contribution in [0.5, 0.6) is 0 Å². The number of anilines is 1. The minimum Gasteiger partial charge on any atom is -0.382 e. The Morgan fingerprint density at radius 1 is 0.839 bits per heavy atom. The Balaban J connectivity index is 0.747. The molecule has 1 aromatic carbocycles. The summed E-state index contributed by atoms with van der Waals surface area (Å²) in [7, 11) is 0. The summed E-state index contributed by atoms with van der Waals surface area (Å²) in [5.74, 6) is -1.47. The molecule has 7 atom stereocenters. The van der Waals surface area contributed by atoms with E-state index in [2.05, 4.69) is 50.9 Å². The number of rotatable bonds is 23. The summed E-state index contributed by atoms with van der Waals surface area (Å²) in [6.07, 6.45) is 7.52. The highest BCUT2D eigenvalue weighted by Gasteiger charge is 2.46. The van der Waals surface area contributed by atoms with Gasteiger partial charge in [-0.1, -0.05) is 32.8 Å². The van der Waals surface area contributed by atoms with Crippen LogP contribution in [0.2, 0.25) is 0 Å². The van der Waals surface area contributed by atoms with Gasteiger partial charge in [0.2, 0.25) is 11.8 Å². The molecule has 3 saturated heterocycles. The molecule has 6 rings (SSSR count). The van der Waals surface area contributed by atoms with Crippen LogP contribution in [0, 0.1) is 5.92 Å². The number of ether oxygens (including phenoxy) is 4. The minimum atomic E-state index is -1.00. The number of hydrazine groups is 1. The molecule has 4 fully saturated rings. The lowest BCUT2D eigenvalue weighted by Crippen LogP contribution is -2.67. The number of benzene rings is 1. The smallest absolute Gasteiger partial charge is 0.264 e. The molecule has 16 nitrogen and oxygen atoms in total. The van der Waals surface area contributed by atoms with E-state index >= 15 is 0 Å². The largest absolute Gasteiger partial charge is 0.382 e. The monoisotopic (exact) mass is 804 g/mol. The molecular weight excluding hydrogens is 744 g/mol. The van der Waals surface area contributed by atoms with Crippen molar-refractivity contribution in [2.24, 2.45) is 5.92 Å². The summed E-state index contributed by atoms with van der Waals surface area (Å²) in [5.41, 5.74) is 4.48. The molecule has 4 aliphatic heterocycles. The molecule has 6 N–H and O–H groups in total. The summed E-state index contributed by atoms with van der Waals surface area (Å²) >= 11 is 6.69. The van der Waals surface area contributed by atoms with Crippen LogP contribution in [-0.4, -0.2) is 148 Å². The molecule has 1 aromatic rings. The third kappa shape index (κ3) is 10.8. The molecule has 56 heavy (non-hydrogen) atoms. The average molecular weight is 805 g/mol. The van der Waals surface area contributed by atoms with Crippen LogP contribution >= 0.6 is 11.6 Å². The molecular formula is C39H61ClN8O8. The fraction of sp³-hybridized carbons (Fsp3) is 0.744. The highest BCUT2D eigenvalue weighted by atomic mass is 35.5. The number of halogens is 1. The van der Waals surface area contributed by atoms with Crippen LogP contribution in [0.25, 0.3) is 0 Å². The van der Waals surface area contributed by atoms with Gasteiger partial charge in [-0.05, 0) is 50.2 Å². The van der Waals surface area contributed by atoms with Crippen molar-refractivity contribution < 1.29 is 38.1 Å². The van der Waals surface area contributed by atoms with Gasteiger partial charge in [-0.15, -0.1) is 11.6 Å². The highest BCUT2D eigenvalue weighted by molar-refractivity contribution is 6.25. The summed E-state index contributed by atoms with van der Waals surface area (Å²) < 4.78 is 22.7. The van der Waals surface area contributed by atoms with Gasteiger partial charge in [0.05, 0.1) is 81.7 Å². The second kappa shape index (κ2) is 21.3. The van der Waals surface area contributed by atoms with E-state index in [0.717, 1.165) is 37.3 Å². The Bertz CT molecular complexity index is 1490. The Labute approximate surface area is 335 Å². The molecule has 4 amide bonds. The molecule has 0 spiro atoms. The van der Waals surface area contributed by atoms with E-state index in [9.17, 15) is 19.2 Å². The third-order valence-electron chi connectivity index (χ3n) is 11.6. The molecule has 1 saturated carbocycles. The predicted octanol–water partition coefficient (Wildman–Crippen LogP) is 1.54. The van der Waals surface area contributed by atoms with E-state index in [0.29, 0.717) is 89.1 Å². The van der Waals surface area contributed by atoms with Crippen molar-refractivity contribution in [2.75, 3.05) is 77.8 Å². The first-order chi connectivity index (χ1) is 27.3. The van der Waals surface area contributed by atoms with Crippen molar-refractivity contribution >= 4 is 40.9 Å². The fourth-order valence-corrected chi connectivity index (χ4v) is 8.91. The van der Waals surface area contributed by atoms with Gasteiger partial charge >= 0.3 is 0 Å². The van der Waals surface area contributed by atoms with Gasteiger partial charge in [-0.2, -0.15) is 0 Å². The Morgan fingerprint density at radius 2 is 1.52 bits per heavy atom. The lowest BCUT2D eigenvalue weighted by molar-refractivity contribution is -0.136. The number of fused-ring (bicyclic) bond motifs is 2. The molecule has 17 heteroatoms. The maximum absolute atomic E-state index is 13.2. The van der Waals surface area contributed by atoms with Crippen LogP contribution in [0.4, 0.5) is 5.69 Å². The summed E-state index contributed by atoms with van der Waals surface area (Å²) in [6.45, 7) is 10.4. The van der Waals surface area contributed by atoms with Crippen molar-refractivity contribution in [1.29, 1.82) is 0 Å². The summed E-state index contributed by atoms with van der Waals surface area (Å²) in [4.78, 5) is 51.0. The first-order valence-corrected chi connectivity index (χ1v) is 21.0. The van der Waals surface area contributed by atoms with E-state index in [-0.39, 0.29) is 41.7 Å². The maximum atomic E-state index is 13.2. The van der Waals surface area contributed by atoms with Gasteiger partial charge in [-0.3, -0.25) is 45.5 Å². The number of hydrogen-bond acceptors (Lipinski definition) is 14. The average Bonchev–Trinajstić information content (AvgIpc) is 3.87. The zero-order valence-electron chi connectivity index (χ0n) is 32.8. The molecule has 0 radical (unpaired) electrons. The first-order valence-electron chi connectivity index (χ1n) is 20.6. The molecule has 0 bridgehead atoms. The number of alkyl halides is 1. The van der Waals surface area contributed by atoms with Gasteiger partial charge < -0.3 is 29.6 Å². The number of nitrogens with one attached hydrogen (secondary N) is 6. The van der Waals surface area contributed by atoms with Crippen LogP contribution in [0.1, 0.15) is 85.9 Å². The fourth-order valence-electron chi connectivity index (χ4n) is 8.65. The lowest BCUT2D eigenvalue weighted by Gasteiger charge is -2.46. The molecule has 312 valence electrons. The van der Waals surface area contributed by atoms with Gasteiger partial charge in [0, 0.05) is 49.9 Å². The topological polar surface area (TPSA) is 184 Å². The van der Waals surface area contributed by atoms with Crippen molar-refractivity contribution in [3.8, 4) is 0 Å². The number of nitrogens with zero attached hydrogens (tertiary/aromatic N) is 2. The maximum Gasteiger partial charge on any atom is 0.264 e. The van der Waals surface area contributed by atoms with E-state index < -0.39 is 29.7 Å². The van der Waals surface area contributed by atoms with Crippen LogP contribution in [0.3, 0.4) is 0 Å². The van der Waals surface area contributed by atoms with E-state index in [4.69, 9.17) is 30.5 Å². The highest BCUT2D eigenvalue weighted by Crippen LogP contribution is 2.33. The zero-order chi connectivity index (χ0) is 39.4. The number of imide groups is 2. The minimum absolute atomic E-state index is 0.0710. The number of piperidine rings is 1. The van der Waals surface area contributed by atoms with Gasteiger partial charge in [0.15, 0.2) is 0 Å². The van der Waals surface area contributed by atoms with Gasteiger partial charge in [0.1, 0.15) is 6.04 Å². The summed E-state index contributed by atoms with van der Waals surface area (Å²) in [5, 5.41) is 19.3. The Hall–Kier alpha value is -2.77. The van der Waals surface area contributed by atoms with Crippen molar-refractivity contribution in [3.63, 3.8) is 0 Å². The lowest BCUT2D eigenvalue weighted by atomic mass is 9.88. The number of amides is 4. The molecule has 5 unspecified atom stereocenters. The second-order valence-corrected chi connectivity index (χ2v) is 15.8. The number of carbonyl (C=O) groups is 4. The van der Waals surface area contributed by atoms with Gasteiger partial charge in [0.25, 0.3) is 11.8 Å². The third-order valence-corrected chi connectivity index (χ3v) is 12.0. The van der Waals surface area contributed by atoms with Crippen molar-refractivity contribution in [3.05, 3.63) is 29.3 Å². The molecule has 5 aliphatic rings. The molecule has 1 aliphatic carbocycles. The van der Waals surface area contributed by atoms with E-state index in [1.807, 2.05) is 0 Å². The van der Waals surface area contributed by atoms with Crippen LogP contribution in [0.15, 0.2) is 18.2 Å². The quantitative estimate of drug-likeness (QED) is 0.0532. The number of carbonyl (C=O) groups excluding carboxylic acids is 4. The first kappa shape index (κ1) is 42.8. The molecule has 4 heterocycles. The standard InChI is InChI=1S/C39H61ClN8O8/c1-3-25(4-2)31-23-33(48-36(45-31)29(40)24-43-48)44-27-9-8-26(22-27)41-12-14-53-16-18-55-20-21-56-19-17-54-15-13-42-30-7-5-6-28-35(30)39(52)47(38(28)51)32-10-11-34(49)46-37(32)50/h5-7,25-27,29,31-33,36,41-45H,3-4,8-24H2,1-2H3,(H,46,49,50)/t26-,27-,29?,31?,32?,33?,36?/m0/s1.